The first kappa shape index (κ1) is 8.49. The molecule has 1 aromatic heterocycles. The summed E-state index contributed by atoms with van der Waals surface area (Å²) in [5.74, 6) is 0. The van der Waals surface area contributed by atoms with Gasteiger partial charge in [0.05, 0.1) is 23.0 Å². The Morgan fingerprint density at radius 1 is 1.82 bits per heavy atom. The Labute approximate surface area is 73.5 Å². The van der Waals surface area contributed by atoms with Crippen LogP contribution in [0, 0.1) is 0 Å². The number of hydrogen-bond acceptors (Lipinski definition) is 2. The first-order chi connectivity index (χ1) is 5.25. The third kappa shape index (κ3) is 1.91. The predicted octanol–water partition coefficient (Wildman–Crippen LogP) is 1.19. The third-order valence-corrected chi connectivity index (χ3v) is 1.93. The van der Waals surface area contributed by atoms with Crippen LogP contribution in [0.25, 0.3) is 6.08 Å². The fourth-order valence-corrected chi connectivity index (χ4v) is 1.25. The van der Waals surface area contributed by atoms with Gasteiger partial charge in [-0.1, -0.05) is 6.08 Å². The molecule has 11 heavy (non-hydrogen) atoms. The fraction of sp³-hybridized carbons (Fsp3) is 0.286. The monoisotopic (exact) mass is 216 g/mol. The second kappa shape index (κ2) is 3.69. The highest BCUT2D eigenvalue weighted by Gasteiger charge is 1.99. The van der Waals surface area contributed by atoms with Gasteiger partial charge in [0, 0.05) is 7.05 Å². The number of rotatable bonds is 2. The molecule has 1 N–H and O–H groups in total. The minimum atomic E-state index is 0.0532. The molecule has 3 nitrogen and oxygen atoms in total. The van der Waals surface area contributed by atoms with E-state index in [1.165, 1.54) is 0 Å². The van der Waals surface area contributed by atoms with Gasteiger partial charge in [0.2, 0.25) is 0 Å². The van der Waals surface area contributed by atoms with Crippen molar-refractivity contribution in [2.45, 2.75) is 0 Å². The molecule has 0 saturated heterocycles. The highest BCUT2D eigenvalue weighted by atomic mass is 79.9. The Hall–Kier alpha value is -0.610. The fourth-order valence-electron chi connectivity index (χ4n) is 0.772. The Morgan fingerprint density at radius 3 is 3.00 bits per heavy atom. The lowest BCUT2D eigenvalue weighted by Gasteiger charge is -1.93. The molecule has 0 aliphatic rings. The first-order valence-electron chi connectivity index (χ1n) is 3.20. The summed E-state index contributed by atoms with van der Waals surface area (Å²) >= 11 is 3.33. The molecule has 0 fully saturated rings. The maximum atomic E-state index is 8.52. The van der Waals surface area contributed by atoms with Crippen molar-refractivity contribution >= 4 is 22.0 Å². The Morgan fingerprint density at radius 2 is 2.55 bits per heavy atom. The maximum Gasteiger partial charge on any atom is 0.0746 e. The quantitative estimate of drug-likeness (QED) is 0.807. The van der Waals surface area contributed by atoms with E-state index in [1.807, 2.05) is 13.1 Å². The summed E-state index contributed by atoms with van der Waals surface area (Å²) in [5.41, 5.74) is 0.957. The van der Waals surface area contributed by atoms with Crippen molar-refractivity contribution in [1.29, 1.82) is 0 Å². The number of aliphatic hydroxyl groups is 1. The smallest absolute Gasteiger partial charge is 0.0746 e. The molecule has 0 saturated carbocycles. The van der Waals surface area contributed by atoms with Crippen LogP contribution in [0.3, 0.4) is 0 Å². The maximum absolute atomic E-state index is 8.52. The van der Waals surface area contributed by atoms with E-state index in [4.69, 9.17) is 5.11 Å². The molecule has 0 radical (unpaired) electrons. The highest BCUT2D eigenvalue weighted by Crippen LogP contribution is 2.15. The molecule has 0 amide bonds. The molecule has 0 spiro atoms. The number of aromatic nitrogens is 2. The Bertz CT molecular complexity index is 248. The van der Waals surface area contributed by atoms with Gasteiger partial charge >= 0.3 is 0 Å². The molecule has 0 atom stereocenters. The van der Waals surface area contributed by atoms with E-state index in [2.05, 4.69) is 21.0 Å². The second-order valence-corrected chi connectivity index (χ2v) is 2.94. The standard InChI is InChI=1S/C7H9BrN2O/c1-10-7(3-2-4-11)6(8)5-9-10/h2-3,5,11H,4H2,1H3/b3-2+. The van der Waals surface area contributed by atoms with Crippen molar-refractivity contribution in [3.05, 3.63) is 22.4 Å². The lowest BCUT2D eigenvalue weighted by atomic mass is 10.4. The van der Waals surface area contributed by atoms with Crippen molar-refractivity contribution in [2.24, 2.45) is 7.05 Å². The van der Waals surface area contributed by atoms with Gasteiger partial charge in [-0.2, -0.15) is 5.10 Å². The molecular formula is C7H9BrN2O. The zero-order valence-electron chi connectivity index (χ0n) is 6.16. The van der Waals surface area contributed by atoms with E-state index >= 15 is 0 Å². The van der Waals surface area contributed by atoms with E-state index < -0.39 is 0 Å². The largest absolute Gasteiger partial charge is 0.392 e. The summed E-state index contributed by atoms with van der Waals surface area (Å²) in [7, 11) is 1.85. The Kier molecular flexibility index (Phi) is 2.84. The van der Waals surface area contributed by atoms with Crippen molar-refractivity contribution in [2.75, 3.05) is 6.61 Å². The lowest BCUT2D eigenvalue weighted by molar-refractivity contribution is 0.343. The zero-order valence-corrected chi connectivity index (χ0v) is 7.74. The van der Waals surface area contributed by atoms with E-state index in [0.717, 1.165) is 10.2 Å². The normalized spacial score (nSPS) is 11.2. The number of halogens is 1. The lowest BCUT2D eigenvalue weighted by Crippen LogP contribution is -1.92. The van der Waals surface area contributed by atoms with Crippen LogP contribution in [-0.4, -0.2) is 21.5 Å². The molecule has 4 heteroatoms. The molecule has 1 heterocycles. The van der Waals surface area contributed by atoms with Crippen molar-refractivity contribution < 1.29 is 5.11 Å². The molecule has 1 rings (SSSR count). The van der Waals surface area contributed by atoms with Gasteiger partial charge in [-0.25, -0.2) is 0 Å². The molecule has 0 aliphatic heterocycles. The minimum absolute atomic E-state index is 0.0532. The zero-order chi connectivity index (χ0) is 8.27. The summed E-state index contributed by atoms with van der Waals surface area (Å²) in [6, 6.07) is 0. The number of aryl methyl sites for hydroxylation is 1. The van der Waals surface area contributed by atoms with Gasteiger partial charge in [0.1, 0.15) is 0 Å². The van der Waals surface area contributed by atoms with Gasteiger partial charge < -0.3 is 5.11 Å². The molecule has 0 bridgehead atoms. The van der Waals surface area contributed by atoms with Crippen LogP contribution >= 0.6 is 15.9 Å². The number of aliphatic hydroxyl groups excluding tert-OH is 1. The Balaban J connectivity index is 2.92. The number of hydrogen-bond donors (Lipinski definition) is 1. The van der Waals surface area contributed by atoms with Gasteiger partial charge in [-0.15, -0.1) is 0 Å². The summed E-state index contributed by atoms with van der Waals surface area (Å²) in [6.07, 6.45) is 5.20. The van der Waals surface area contributed by atoms with Crippen LogP contribution in [-0.2, 0) is 7.05 Å². The summed E-state index contributed by atoms with van der Waals surface area (Å²) in [5, 5.41) is 12.5. The van der Waals surface area contributed by atoms with E-state index in [0.29, 0.717) is 0 Å². The topological polar surface area (TPSA) is 38.0 Å². The van der Waals surface area contributed by atoms with E-state index in [1.54, 1.807) is 17.0 Å². The van der Waals surface area contributed by atoms with Gasteiger partial charge in [-0.05, 0) is 22.0 Å². The first-order valence-corrected chi connectivity index (χ1v) is 4.00. The van der Waals surface area contributed by atoms with Gasteiger partial charge in [-0.3, -0.25) is 4.68 Å². The van der Waals surface area contributed by atoms with Crippen molar-refractivity contribution in [1.82, 2.24) is 9.78 Å². The van der Waals surface area contributed by atoms with E-state index in [-0.39, 0.29) is 6.61 Å². The summed E-state index contributed by atoms with van der Waals surface area (Å²) < 4.78 is 2.67. The molecule has 1 aromatic rings. The van der Waals surface area contributed by atoms with Crippen LogP contribution in [0.5, 0.6) is 0 Å². The molecule has 60 valence electrons. The number of nitrogens with zero attached hydrogens (tertiary/aromatic N) is 2. The third-order valence-electron chi connectivity index (χ3n) is 1.32. The summed E-state index contributed by atoms with van der Waals surface area (Å²) in [6.45, 7) is 0.0532. The molecule has 0 aliphatic carbocycles. The highest BCUT2D eigenvalue weighted by molar-refractivity contribution is 9.10. The van der Waals surface area contributed by atoms with Gasteiger partial charge in [0.15, 0.2) is 0 Å². The van der Waals surface area contributed by atoms with Crippen molar-refractivity contribution in [3.8, 4) is 0 Å². The van der Waals surface area contributed by atoms with Crippen LogP contribution < -0.4 is 0 Å². The van der Waals surface area contributed by atoms with Gasteiger partial charge in [0.25, 0.3) is 0 Å². The SMILES string of the molecule is Cn1ncc(Br)c1/C=C/CO. The molecule has 0 unspecified atom stereocenters. The average Bonchev–Trinajstić information content (AvgIpc) is 2.29. The van der Waals surface area contributed by atoms with Crippen LogP contribution in [0.2, 0.25) is 0 Å². The van der Waals surface area contributed by atoms with Crippen LogP contribution in [0.15, 0.2) is 16.7 Å². The second-order valence-electron chi connectivity index (χ2n) is 2.09. The average molecular weight is 217 g/mol. The predicted molar refractivity (Wildman–Crippen MR) is 47.0 cm³/mol. The van der Waals surface area contributed by atoms with E-state index in [9.17, 15) is 0 Å². The molecular weight excluding hydrogens is 208 g/mol. The van der Waals surface area contributed by atoms with Crippen LogP contribution in [0.1, 0.15) is 5.69 Å². The minimum Gasteiger partial charge on any atom is -0.392 e. The summed E-state index contributed by atoms with van der Waals surface area (Å²) in [4.78, 5) is 0. The van der Waals surface area contributed by atoms with Crippen molar-refractivity contribution in [3.63, 3.8) is 0 Å². The van der Waals surface area contributed by atoms with Crippen LogP contribution in [0.4, 0.5) is 0 Å². The molecule has 0 aromatic carbocycles.